The summed E-state index contributed by atoms with van der Waals surface area (Å²) in [5.74, 6) is 1.74. The summed E-state index contributed by atoms with van der Waals surface area (Å²) in [4.78, 5) is 11.6. The normalized spacial score (nSPS) is 21.3. The molecule has 0 aliphatic carbocycles. The van der Waals surface area contributed by atoms with Crippen LogP contribution in [0.2, 0.25) is 0 Å². The smallest absolute Gasteiger partial charge is 0.165 e. The number of anilines is 1. The molecule has 3 heterocycles. The molecule has 2 aliphatic heterocycles. The second-order valence-corrected chi connectivity index (χ2v) is 7.20. The second kappa shape index (κ2) is 7.60. The number of benzene rings is 1. The predicted octanol–water partition coefficient (Wildman–Crippen LogP) is 2.50. The lowest BCUT2D eigenvalue weighted by Gasteiger charge is -2.34. The van der Waals surface area contributed by atoms with Gasteiger partial charge in [0.1, 0.15) is 11.6 Å². The summed E-state index contributed by atoms with van der Waals surface area (Å²) in [6.45, 7) is 5.65. The molecule has 2 aromatic rings. The molecule has 26 heavy (non-hydrogen) atoms. The van der Waals surface area contributed by atoms with E-state index in [0.717, 1.165) is 57.1 Å². The second-order valence-electron chi connectivity index (χ2n) is 7.20. The van der Waals surface area contributed by atoms with Crippen LogP contribution < -0.4 is 10.2 Å². The molecule has 0 bridgehead atoms. The first-order valence-corrected chi connectivity index (χ1v) is 9.42. The Balaban J connectivity index is 1.46. The Kier molecular flexibility index (Phi) is 5.04. The Bertz CT molecular complexity index is 753. The van der Waals surface area contributed by atoms with Crippen LogP contribution in [-0.4, -0.2) is 53.5 Å². The fraction of sp³-hybridized carbons (Fsp3) is 0.500. The molecular formula is C20H26N4O2. The molecule has 1 unspecified atom stereocenters. The summed E-state index contributed by atoms with van der Waals surface area (Å²) in [6, 6.07) is 10.3. The lowest BCUT2D eigenvalue weighted by molar-refractivity contribution is 0.186. The highest BCUT2D eigenvalue weighted by Crippen LogP contribution is 2.28. The summed E-state index contributed by atoms with van der Waals surface area (Å²) in [5.41, 5.74) is 1.59. The molecule has 4 rings (SSSR count). The van der Waals surface area contributed by atoms with E-state index in [2.05, 4.69) is 15.2 Å². The number of hydrogen-bond acceptors (Lipinski definition) is 6. The van der Waals surface area contributed by atoms with Crippen LogP contribution in [0, 0.1) is 6.92 Å². The first-order valence-electron chi connectivity index (χ1n) is 9.42. The minimum absolute atomic E-state index is 0.214. The van der Waals surface area contributed by atoms with Crippen LogP contribution >= 0.6 is 0 Å². The van der Waals surface area contributed by atoms with E-state index in [0.29, 0.717) is 23.5 Å². The third-order valence-electron chi connectivity index (χ3n) is 5.21. The first-order chi connectivity index (χ1) is 12.7. The molecule has 6 heteroatoms. The molecule has 138 valence electrons. The van der Waals surface area contributed by atoms with E-state index in [1.54, 1.807) is 6.07 Å². The summed E-state index contributed by atoms with van der Waals surface area (Å²) in [7, 11) is 0. The number of ether oxygens (including phenoxy) is 1. The zero-order valence-corrected chi connectivity index (χ0v) is 15.2. The van der Waals surface area contributed by atoms with Crippen molar-refractivity contribution >= 4 is 5.82 Å². The van der Waals surface area contributed by atoms with Crippen LogP contribution in [-0.2, 0) is 4.74 Å². The van der Waals surface area contributed by atoms with Crippen LogP contribution in [0.3, 0.4) is 0 Å². The van der Waals surface area contributed by atoms with E-state index in [-0.39, 0.29) is 5.75 Å². The van der Waals surface area contributed by atoms with Crippen LogP contribution in [0.25, 0.3) is 11.4 Å². The Labute approximate surface area is 154 Å². The number of aromatic nitrogens is 2. The largest absolute Gasteiger partial charge is 0.507 e. The van der Waals surface area contributed by atoms with Gasteiger partial charge >= 0.3 is 0 Å². The molecular weight excluding hydrogens is 328 g/mol. The maximum atomic E-state index is 10.1. The molecule has 1 aromatic heterocycles. The molecule has 2 saturated heterocycles. The number of rotatable bonds is 4. The molecule has 0 amide bonds. The minimum Gasteiger partial charge on any atom is -0.507 e. The minimum atomic E-state index is 0.214. The molecule has 1 aromatic carbocycles. The van der Waals surface area contributed by atoms with E-state index >= 15 is 0 Å². The lowest BCUT2D eigenvalue weighted by atomic mass is 10.0. The van der Waals surface area contributed by atoms with Gasteiger partial charge in [-0.1, -0.05) is 12.1 Å². The van der Waals surface area contributed by atoms with Crippen molar-refractivity contribution in [2.75, 3.05) is 31.2 Å². The van der Waals surface area contributed by atoms with Gasteiger partial charge < -0.3 is 20.1 Å². The van der Waals surface area contributed by atoms with Crippen molar-refractivity contribution in [1.29, 1.82) is 0 Å². The van der Waals surface area contributed by atoms with Crippen LogP contribution in [0.4, 0.5) is 5.82 Å². The number of piperidine rings is 1. The van der Waals surface area contributed by atoms with Crippen molar-refractivity contribution < 1.29 is 9.84 Å². The highest BCUT2D eigenvalue weighted by atomic mass is 16.5. The molecule has 1 atom stereocenters. The van der Waals surface area contributed by atoms with Crippen LogP contribution in [0.1, 0.15) is 25.0 Å². The van der Waals surface area contributed by atoms with Gasteiger partial charge in [-0.25, -0.2) is 9.97 Å². The lowest BCUT2D eigenvalue weighted by Crippen LogP contribution is -2.46. The van der Waals surface area contributed by atoms with Crippen LogP contribution in [0.15, 0.2) is 30.3 Å². The quantitative estimate of drug-likeness (QED) is 0.879. The van der Waals surface area contributed by atoms with E-state index in [1.165, 1.54) is 0 Å². The predicted molar refractivity (Wildman–Crippen MR) is 101 cm³/mol. The van der Waals surface area contributed by atoms with Gasteiger partial charge in [0.25, 0.3) is 0 Å². The summed E-state index contributed by atoms with van der Waals surface area (Å²) in [5, 5.41) is 13.8. The summed E-state index contributed by atoms with van der Waals surface area (Å²) >= 11 is 0. The Hall–Kier alpha value is -2.18. The monoisotopic (exact) mass is 354 g/mol. The number of nitrogens with one attached hydrogen (secondary N) is 1. The number of phenols is 1. The van der Waals surface area contributed by atoms with Gasteiger partial charge in [0.05, 0.1) is 12.2 Å². The van der Waals surface area contributed by atoms with Gasteiger partial charge in [0.15, 0.2) is 5.82 Å². The molecule has 2 fully saturated rings. The first kappa shape index (κ1) is 17.2. The van der Waals surface area contributed by atoms with E-state index in [1.807, 2.05) is 31.2 Å². The molecule has 2 N–H and O–H groups in total. The highest BCUT2D eigenvalue weighted by molar-refractivity contribution is 5.65. The van der Waals surface area contributed by atoms with Crippen molar-refractivity contribution in [1.82, 2.24) is 15.3 Å². The highest BCUT2D eigenvalue weighted by Gasteiger charge is 2.25. The summed E-state index contributed by atoms with van der Waals surface area (Å²) < 4.78 is 5.46. The van der Waals surface area contributed by atoms with Crippen molar-refractivity contribution in [3.63, 3.8) is 0 Å². The Morgan fingerprint density at radius 1 is 1.12 bits per heavy atom. The average molecular weight is 354 g/mol. The topological polar surface area (TPSA) is 70.5 Å². The Morgan fingerprint density at radius 3 is 2.65 bits per heavy atom. The van der Waals surface area contributed by atoms with Gasteiger partial charge in [-0.15, -0.1) is 0 Å². The van der Waals surface area contributed by atoms with Crippen molar-refractivity contribution in [2.45, 2.75) is 38.3 Å². The van der Waals surface area contributed by atoms with E-state index in [4.69, 9.17) is 9.72 Å². The molecule has 0 radical (unpaired) electrons. The third kappa shape index (κ3) is 3.81. The molecule has 2 aliphatic rings. The maximum Gasteiger partial charge on any atom is 0.165 e. The Morgan fingerprint density at radius 2 is 1.92 bits per heavy atom. The number of nitrogens with zero attached hydrogens (tertiary/aromatic N) is 3. The van der Waals surface area contributed by atoms with Crippen molar-refractivity contribution in [2.24, 2.45) is 0 Å². The number of aryl methyl sites for hydroxylation is 1. The zero-order chi connectivity index (χ0) is 17.9. The zero-order valence-electron chi connectivity index (χ0n) is 15.2. The van der Waals surface area contributed by atoms with Crippen molar-refractivity contribution in [3.8, 4) is 17.1 Å². The van der Waals surface area contributed by atoms with Crippen molar-refractivity contribution in [3.05, 3.63) is 36.0 Å². The number of para-hydroxylation sites is 1. The van der Waals surface area contributed by atoms with Crippen LogP contribution in [0.5, 0.6) is 5.75 Å². The van der Waals surface area contributed by atoms with Gasteiger partial charge in [-0.2, -0.15) is 0 Å². The molecule has 6 nitrogen and oxygen atoms in total. The third-order valence-corrected chi connectivity index (χ3v) is 5.21. The standard InChI is InChI=1S/C20H26N4O2/c1-14-12-19(23-20(21-14)17-4-2-3-5-18(17)25)24-9-6-15(7-10-24)22-16-8-11-26-13-16/h2-5,12,15-16,22,25H,6-11,13H2,1H3. The fourth-order valence-corrected chi connectivity index (χ4v) is 3.77. The van der Waals surface area contributed by atoms with Gasteiger partial charge in [0.2, 0.25) is 0 Å². The fourth-order valence-electron chi connectivity index (χ4n) is 3.77. The van der Waals surface area contributed by atoms with E-state index < -0.39 is 0 Å². The van der Waals surface area contributed by atoms with Gasteiger partial charge in [0, 0.05) is 43.5 Å². The number of aromatic hydroxyl groups is 1. The maximum absolute atomic E-state index is 10.1. The number of phenolic OH excluding ortho intramolecular Hbond substituents is 1. The van der Waals surface area contributed by atoms with Gasteiger partial charge in [-0.05, 0) is 38.3 Å². The molecule has 0 spiro atoms. The average Bonchev–Trinajstić information content (AvgIpc) is 3.15. The van der Waals surface area contributed by atoms with Gasteiger partial charge in [-0.3, -0.25) is 0 Å². The van der Waals surface area contributed by atoms with E-state index in [9.17, 15) is 5.11 Å². The number of hydrogen-bond donors (Lipinski definition) is 2. The summed E-state index contributed by atoms with van der Waals surface area (Å²) in [6.07, 6.45) is 3.33. The molecule has 0 saturated carbocycles. The SMILES string of the molecule is Cc1cc(N2CCC(NC3CCOC3)CC2)nc(-c2ccccc2O)n1.